The Bertz CT molecular complexity index is 911. The monoisotopic (exact) mass is 332 g/mol. The van der Waals surface area contributed by atoms with Gasteiger partial charge in [-0.3, -0.25) is 9.78 Å². The maximum Gasteiger partial charge on any atom is 0.434 e. The van der Waals surface area contributed by atoms with E-state index in [1.807, 2.05) is 0 Å². The van der Waals surface area contributed by atoms with Crippen molar-refractivity contribution in [2.45, 2.75) is 6.18 Å². The number of rotatable bonds is 1. The van der Waals surface area contributed by atoms with Crippen molar-refractivity contribution >= 4 is 17.4 Å². The van der Waals surface area contributed by atoms with E-state index < -0.39 is 40.2 Å². The Morgan fingerprint density at radius 2 is 1.95 bits per heavy atom. The molecule has 0 unspecified atom stereocenters. The molecule has 1 N–H and O–H groups in total. The third kappa shape index (κ3) is 2.13. The molecular weight excluding hydrogens is 328 g/mol. The zero-order valence-corrected chi connectivity index (χ0v) is 11.2. The summed E-state index contributed by atoms with van der Waals surface area (Å²) >= 11 is 5.78. The molecular formula is C12H5ClF4N4O. The van der Waals surface area contributed by atoms with E-state index in [4.69, 9.17) is 11.6 Å². The van der Waals surface area contributed by atoms with E-state index in [0.29, 0.717) is 4.52 Å². The maximum atomic E-state index is 14.0. The summed E-state index contributed by atoms with van der Waals surface area (Å²) in [7, 11) is 0. The van der Waals surface area contributed by atoms with Gasteiger partial charge in [-0.1, -0.05) is 17.7 Å². The predicted molar refractivity (Wildman–Crippen MR) is 69.0 cm³/mol. The van der Waals surface area contributed by atoms with Gasteiger partial charge in [-0.2, -0.15) is 27.8 Å². The van der Waals surface area contributed by atoms with Gasteiger partial charge in [0.2, 0.25) is 5.78 Å². The minimum Gasteiger partial charge on any atom is -0.290 e. The highest BCUT2D eigenvalue weighted by Gasteiger charge is 2.40. The fourth-order valence-electron chi connectivity index (χ4n) is 2.10. The fourth-order valence-corrected chi connectivity index (χ4v) is 2.36. The van der Waals surface area contributed by atoms with Crippen LogP contribution in [-0.2, 0) is 6.18 Å². The normalized spacial score (nSPS) is 12.0. The van der Waals surface area contributed by atoms with E-state index in [9.17, 15) is 22.4 Å². The van der Waals surface area contributed by atoms with Gasteiger partial charge in [0.15, 0.2) is 5.69 Å². The molecule has 0 aliphatic carbocycles. The Hall–Kier alpha value is -2.42. The highest BCUT2D eigenvalue weighted by atomic mass is 35.5. The number of aromatic nitrogens is 4. The number of H-pyrrole nitrogens is 1. The van der Waals surface area contributed by atoms with E-state index in [1.54, 1.807) is 0 Å². The highest BCUT2D eigenvalue weighted by Crippen LogP contribution is 2.38. The summed E-state index contributed by atoms with van der Waals surface area (Å²) in [6, 6.07) is 3.31. The molecule has 114 valence electrons. The largest absolute Gasteiger partial charge is 0.434 e. The summed E-state index contributed by atoms with van der Waals surface area (Å²) in [5, 5.41) is 3.10. The van der Waals surface area contributed by atoms with Crippen LogP contribution in [0, 0.1) is 5.82 Å². The van der Waals surface area contributed by atoms with Gasteiger partial charge in [0.05, 0.1) is 10.6 Å². The summed E-state index contributed by atoms with van der Waals surface area (Å²) in [4.78, 5) is 17.7. The van der Waals surface area contributed by atoms with Crippen LogP contribution in [0.1, 0.15) is 5.69 Å². The van der Waals surface area contributed by atoms with Crippen LogP contribution >= 0.6 is 11.6 Å². The predicted octanol–water partition coefficient (Wildman–Crippen LogP) is 2.90. The number of alkyl halides is 3. The molecule has 0 saturated heterocycles. The molecule has 10 heteroatoms. The van der Waals surface area contributed by atoms with Crippen LogP contribution < -0.4 is 5.56 Å². The molecule has 3 rings (SSSR count). The first-order valence-corrected chi connectivity index (χ1v) is 6.16. The molecule has 2 heterocycles. The van der Waals surface area contributed by atoms with E-state index in [1.165, 1.54) is 12.1 Å². The lowest BCUT2D eigenvalue weighted by atomic mass is 10.0. The Kier molecular flexibility index (Phi) is 3.17. The minimum absolute atomic E-state index is 0.324. The summed E-state index contributed by atoms with van der Waals surface area (Å²) in [6.07, 6.45) is -4.13. The molecule has 0 aliphatic heterocycles. The van der Waals surface area contributed by atoms with Gasteiger partial charge in [0.25, 0.3) is 5.56 Å². The molecule has 0 fully saturated rings. The average Bonchev–Trinajstić information content (AvgIpc) is 2.84. The van der Waals surface area contributed by atoms with Crippen LogP contribution in [-0.4, -0.2) is 19.6 Å². The lowest BCUT2D eigenvalue weighted by Gasteiger charge is -2.14. The van der Waals surface area contributed by atoms with Crippen LogP contribution in [0.5, 0.6) is 0 Å². The van der Waals surface area contributed by atoms with Gasteiger partial charge >= 0.3 is 6.18 Å². The SMILES string of the molecule is O=c1[nH]c2ncnn2c(C(F)(F)F)c1-c1c(F)cccc1Cl. The molecule has 0 atom stereocenters. The number of nitrogens with zero attached hydrogens (tertiary/aromatic N) is 3. The first-order valence-electron chi connectivity index (χ1n) is 5.78. The van der Waals surface area contributed by atoms with E-state index >= 15 is 0 Å². The van der Waals surface area contributed by atoms with Gasteiger partial charge in [-0.05, 0) is 12.1 Å². The number of hydrogen-bond acceptors (Lipinski definition) is 3. The molecule has 0 amide bonds. The number of benzene rings is 1. The molecule has 3 aromatic rings. The topological polar surface area (TPSA) is 63.0 Å². The summed E-state index contributed by atoms with van der Waals surface area (Å²) in [5.74, 6) is -1.46. The Morgan fingerprint density at radius 3 is 2.59 bits per heavy atom. The third-order valence-electron chi connectivity index (χ3n) is 2.93. The van der Waals surface area contributed by atoms with Gasteiger partial charge in [-0.25, -0.2) is 4.39 Å². The lowest BCUT2D eigenvalue weighted by Crippen LogP contribution is -2.24. The second-order valence-electron chi connectivity index (χ2n) is 4.27. The van der Waals surface area contributed by atoms with Crippen molar-refractivity contribution in [2.24, 2.45) is 0 Å². The van der Waals surface area contributed by atoms with Crippen molar-refractivity contribution in [3.05, 3.63) is 51.4 Å². The van der Waals surface area contributed by atoms with Crippen molar-refractivity contribution in [1.82, 2.24) is 19.6 Å². The quantitative estimate of drug-likeness (QED) is 0.697. The fraction of sp³-hybridized carbons (Fsp3) is 0.0833. The van der Waals surface area contributed by atoms with Crippen molar-refractivity contribution in [3.63, 3.8) is 0 Å². The zero-order chi connectivity index (χ0) is 16.1. The molecule has 0 aliphatic rings. The first-order chi connectivity index (χ1) is 10.3. The number of nitrogens with one attached hydrogen (secondary N) is 1. The number of aromatic amines is 1. The van der Waals surface area contributed by atoms with E-state index in [0.717, 1.165) is 12.4 Å². The second kappa shape index (κ2) is 4.80. The van der Waals surface area contributed by atoms with Crippen LogP contribution in [0.3, 0.4) is 0 Å². The molecule has 1 aromatic carbocycles. The van der Waals surface area contributed by atoms with Crippen LogP contribution in [0.4, 0.5) is 17.6 Å². The van der Waals surface area contributed by atoms with Gasteiger partial charge in [0, 0.05) is 5.56 Å². The summed E-state index contributed by atoms with van der Waals surface area (Å²) < 4.78 is 54.5. The third-order valence-corrected chi connectivity index (χ3v) is 3.24. The summed E-state index contributed by atoms with van der Waals surface area (Å²) in [5.41, 5.74) is -4.21. The minimum atomic E-state index is -4.97. The lowest BCUT2D eigenvalue weighted by molar-refractivity contribution is -0.142. The van der Waals surface area contributed by atoms with Crippen molar-refractivity contribution < 1.29 is 17.6 Å². The average molecular weight is 333 g/mol. The smallest absolute Gasteiger partial charge is 0.290 e. The molecule has 22 heavy (non-hydrogen) atoms. The second-order valence-corrected chi connectivity index (χ2v) is 4.67. The van der Waals surface area contributed by atoms with Crippen molar-refractivity contribution in [3.8, 4) is 11.1 Å². The molecule has 0 radical (unpaired) electrons. The Balaban J connectivity index is 2.54. The van der Waals surface area contributed by atoms with Crippen molar-refractivity contribution in [1.29, 1.82) is 0 Å². The van der Waals surface area contributed by atoms with Gasteiger partial charge in [-0.15, -0.1) is 0 Å². The molecule has 5 nitrogen and oxygen atoms in total. The van der Waals surface area contributed by atoms with Crippen LogP contribution in [0.25, 0.3) is 16.9 Å². The van der Waals surface area contributed by atoms with Gasteiger partial charge < -0.3 is 0 Å². The van der Waals surface area contributed by atoms with Crippen LogP contribution in [0.2, 0.25) is 5.02 Å². The first kappa shape index (κ1) is 14.5. The number of fused-ring (bicyclic) bond motifs is 1. The maximum absolute atomic E-state index is 14.0. The standard InChI is InChI=1S/C12H5ClF4N4O/c13-5-2-1-3-6(14)7(5)8-9(12(15,16)17)21-11(18-4-19-21)20-10(8)22/h1-4H,(H,18,19,20,22). The molecule has 0 spiro atoms. The Morgan fingerprint density at radius 1 is 1.23 bits per heavy atom. The number of hydrogen-bond donors (Lipinski definition) is 1. The number of halogens is 5. The molecule has 0 bridgehead atoms. The highest BCUT2D eigenvalue weighted by molar-refractivity contribution is 6.33. The van der Waals surface area contributed by atoms with Gasteiger partial charge in [0.1, 0.15) is 12.1 Å². The van der Waals surface area contributed by atoms with E-state index in [-0.39, 0.29) is 5.02 Å². The van der Waals surface area contributed by atoms with Crippen LogP contribution in [0.15, 0.2) is 29.3 Å². The Labute approximate surface area is 124 Å². The summed E-state index contributed by atoms with van der Waals surface area (Å²) in [6.45, 7) is 0. The van der Waals surface area contributed by atoms with Crippen molar-refractivity contribution in [2.75, 3.05) is 0 Å². The van der Waals surface area contributed by atoms with E-state index in [2.05, 4.69) is 15.1 Å². The molecule has 0 saturated carbocycles. The zero-order valence-electron chi connectivity index (χ0n) is 10.4. The molecule has 2 aromatic heterocycles.